The zero-order chi connectivity index (χ0) is 13.1. The van der Waals surface area contributed by atoms with Crippen LogP contribution in [0, 0.1) is 0 Å². The van der Waals surface area contributed by atoms with E-state index in [1.54, 1.807) is 0 Å². The molecule has 2 N–H and O–H groups in total. The quantitative estimate of drug-likeness (QED) is 0.879. The zero-order valence-electron chi connectivity index (χ0n) is 11.4. The minimum Gasteiger partial charge on any atom is -0.348 e. The van der Waals surface area contributed by atoms with Gasteiger partial charge in [0.25, 0.3) is 0 Å². The molecule has 1 unspecified atom stereocenters. The lowest BCUT2D eigenvalue weighted by atomic mass is 10.1. The molecule has 2 heterocycles. The zero-order valence-corrected chi connectivity index (χ0v) is 11.4. The van der Waals surface area contributed by atoms with Crippen molar-refractivity contribution in [2.45, 2.75) is 45.8 Å². The maximum Gasteiger partial charge on any atom is 0.0821 e. The Labute approximate surface area is 108 Å². The van der Waals surface area contributed by atoms with E-state index in [1.165, 1.54) is 5.56 Å². The first-order valence-corrected chi connectivity index (χ1v) is 6.49. The Morgan fingerprint density at radius 2 is 2.00 bits per heavy atom. The van der Waals surface area contributed by atoms with E-state index >= 15 is 0 Å². The predicted molar refractivity (Wildman–Crippen MR) is 73.5 cm³/mol. The van der Waals surface area contributed by atoms with Gasteiger partial charge in [-0.1, -0.05) is 0 Å². The van der Waals surface area contributed by atoms with Crippen molar-refractivity contribution in [1.82, 2.24) is 14.3 Å². The number of hydrogen-bond acceptors (Lipinski definition) is 2. The third-order valence-electron chi connectivity index (χ3n) is 2.91. The molecule has 0 saturated heterocycles. The van der Waals surface area contributed by atoms with Crippen molar-refractivity contribution in [2.75, 3.05) is 0 Å². The van der Waals surface area contributed by atoms with E-state index in [-0.39, 0.29) is 6.04 Å². The Hall–Kier alpha value is -1.55. The Bertz CT molecular complexity index is 493. The molecule has 0 aliphatic heterocycles. The molecular weight excluding hydrogens is 224 g/mol. The Morgan fingerprint density at radius 1 is 1.22 bits per heavy atom. The largest absolute Gasteiger partial charge is 0.348 e. The Kier molecular flexibility index (Phi) is 3.87. The molecule has 0 bridgehead atoms. The van der Waals surface area contributed by atoms with E-state index in [9.17, 15) is 0 Å². The van der Waals surface area contributed by atoms with Crippen molar-refractivity contribution in [2.24, 2.45) is 5.73 Å². The summed E-state index contributed by atoms with van der Waals surface area (Å²) >= 11 is 0. The van der Waals surface area contributed by atoms with Gasteiger partial charge in [-0.15, -0.1) is 0 Å². The lowest BCUT2D eigenvalue weighted by molar-refractivity contribution is 0.524. The molecule has 2 aromatic rings. The number of rotatable bonds is 5. The topological polar surface area (TPSA) is 48.8 Å². The van der Waals surface area contributed by atoms with Crippen LogP contribution in [0.15, 0.2) is 30.7 Å². The van der Waals surface area contributed by atoms with Crippen molar-refractivity contribution in [3.63, 3.8) is 0 Å². The molecule has 0 saturated carbocycles. The van der Waals surface area contributed by atoms with E-state index in [0.29, 0.717) is 6.04 Å². The van der Waals surface area contributed by atoms with Gasteiger partial charge < -0.3 is 10.3 Å². The van der Waals surface area contributed by atoms with Gasteiger partial charge in [-0.2, -0.15) is 5.10 Å². The molecule has 0 aromatic carbocycles. The molecule has 0 fully saturated rings. The fraction of sp³-hybridized carbons (Fsp3) is 0.500. The number of aromatic nitrogens is 3. The highest BCUT2D eigenvalue weighted by Crippen LogP contribution is 2.08. The summed E-state index contributed by atoms with van der Waals surface area (Å²) in [5.41, 5.74) is 8.17. The first kappa shape index (κ1) is 12.9. The van der Waals surface area contributed by atoms with Gasteiger partial charge in [-0.05, 0) is 44.9 Å². The van der Waals surface area contributed by atoms with Crippen LogP contribution in [0.1, 0.15) is 38.1 Å². The van der Waals surface area contributed by atoms with Crippen LogP contribution >= 0.6 is 0 Å². The predicted octanol–water partition coefficient (Wildman–Crippen LogP) is 2.20. The molecule has 18 heavy (non-hydrogen) atoms. The van der Waals surface area contributed by atoms with E-state index in [2.05, 4.69) is 48.0 Å². The summed E-state index contributed by atoms with van der Waals surface area (Å²) in [6.07, 6.45) is 7.20. The molecule has 0 aliphatic rings. The van der Waals surface area contributed by atoms with Crippen LogP contribution in [0.2, 0.25) is 0 Å². The summed E-state index contributed by atoms with van der Waals surface area (Å²) in [6.45, 7) is 7.11. The van der Waals surface area contributed by atoms with E-state index in [1.807, 2.05) is 17.8 Å². The number of nitrogens with zero attached hydrogens (tertiary/aromatic N) is 3. The summed E-state index contributed by atoms with van der Waals surface area (Å²) in [5, 5.41) is 4.55. The highest BCUT2D eigenvalue weighted by atomic mass is 15.3. The van der Waals surface area contributed by atoms with Crippen molar-refractivity contribution < 1.29 is 0 Å². The minimum atomic E-state index is 0.209. The SMILES string of the molecule is CC(N)Cc1ccn(Cc2ccn(C(C)C)n2)c1. The van der Waals surface area contributed by atoms with Gasteiger partial charge in [0.15, 0.2) is 0 Å². The minimum absolute atomic E-state index is 0.209. The summed E-state index contributed by atoms with van der Waals surface area (Å²) < 4.78 is 4.15. The smallest absolute Gasteiger partial charge is 0.0821 e. The standard InChI is InChI=1S/C14H22N4/c1-11(2)18-7-5-14(16-18)10-17-6-4-13(9-17)8-12(3)15/h4-7,9,11-12H,8,10,15H2,1-3H3. The molecule has 0 spiro atoms. The second kappa shape index (κ2) is 5.40. The highest BCUT2D eigenvalue weighted by Gasteiger charge is 2.04. The lowest BCUT2D eigenvalue weighted by Crippen LogP contribution is -2.17. The molecule has 2 rings (SSSR count). The van der Waals surface area contributed by atoms with Crippen molar-refractivity contribution >= 4 is 0 Å². The number of hydrogen-bond donors (Lipinski definition) is 1. The lowest BCUT2D eigenvalue weighted by Gasteiger charge is -2.04. The van der Waals surface area contributed by atoms with E-state index in [0.717, 1.165) is 18.7 Å². The first-order chi connectivity index (χ1) is 8.54. The van der Waals surface area contributed by atoms with Crippen LogP contribution in [-0.2, 0) is 13.0 Å². The van der Waals surface area contributed by atoms with Gasteiger partial charge >= 0.3 is 0 Å². The fourth-order valence-corrected chi connectivity index (χ4v) is 2.02. The van der Waals surface area contributed by atoms with Crippen molar-refractivity contribution in [3.8, 4) is 0 Å². The molecular formula is C14H22N4. The number of nitrogens with two attached hydrogens (primary N) is 1. The molecule has 1 atom stereocenters. The Morgan fingerprint density at radius 3 is 2.61 bits per heavy atom. The normalized spacial score (nSPS) is 13.2. The van der Waals surface area contributed by atoms with E-state index in [4.69, 9.17) is 5.73 Å². The summed E-state index contributed by atoms with van der Waals surface area (Å²) in [4.78, 5) is 0. The summed E-state index contributed by atoms with van der Waals surface area (Å²) in [7, 11) is 0. The van der Waals surface area contributed by atoms with Crippen LogP contribution < -0.4 is 5.73 Å². The molecule has 4 heteroatoms. The van der Waals surface area contributed by atoms with Gasteiger partial charge in [0.1, 0.15) is 0 Å². The van der Waals surface area contributed by atoms with E-state index < -0.39 is 0 Å². The van der Waals surface area contributed by atoms with Gasteiger partial charge in [-0.25, -0.2) is 0 Å². The molecule has 2 aromatic heterocycles. The van der Waals surface area contributed by atoms with Crippen LogP contribution in [-0.4, -0.2) is 20.4 Å². The summed E-state index contributed by atoms with van der Waals surface area (Å²) in [5.74, 6) is 0. The fourth-order valence-electron chi connectivity index (χ4n) is 2.02. The monoisotopic (exact) mass is 246 g/mol. The van der Waals surface area contributed by atoms with Gasteiger partial charge in [0.05, 0.1) is 12.2 Å². The van der Waals surface area contributed by atoms with Crippen molar-refractivity contribution in [3.05, 3.63) is 42.0 Å². The van der Waals surface area contributed by atoms with Crippen LogP contribution in [0.25, 0.3) is 0 Å². The molecule has 4 nitrogen and oxygen atoms in total. The second-order valence-electron chi connectivity index (χ2n) is 5.25. The molecule has 0 amide bonds. The van der Waals surface area contributed by atoms with Gasteiger partial charge in [0.2, 0.25) is 0 Å². The molecule has 0 aliphatic carbocycles. The second-order valence-corrected chi connectivity index (χ2v) is 5.25. The molecule has 0 radical (unpaired) electrons. The maximum absolute atomic E-state index is 5.80. The third kappa shape index (κ3) is 3.23. The Balaban J connectivity index is 2.02. The first-order valence-electron chi connectivity index (χ1n) is 6.49. The van der Waals surface area contributed by atoms with Crippen LogP contribution in [0.3, 0.4) is 0 Å². The van der Waals surface area contributed by atoms with Gasteiger partial charge in [0, 0.05) is 30.7 Å². The average Bonchev–Trinajstić information content (AvgIpc) is 2.88. The maximum atomic E-state index is 5.80. The van der Waals surface area contributed by atoms with Crippen LogP contribution in [0.5, 0.6) is 0 Å². The van der Waals surface area contributed by atoms with Crippen LogP contribution in [0.4, 0.5) is 0 Å². The molecule has 98 valence electrons. The summed E-state index contributed by atoms with van der Waals surface area (Å²) in [6, 6.07) is 4.83. The van der Waals surface area contributed by atoms with Gasteiger partial charge in [-0.3, -0.25) is 4.68 Å². The highest BCUT2D eigenvalue weighted by molar-refractivity contribution is 5.13. The van der Waals surface area contributed by atoms with Crippen molar-refractivity contribution in [1.29, 1.82) is 0 Å². The average molecular weight is 246 g/mol. The third-order valence-corrected chi connectivity index (χ3v) is 2.91.